The van der Waals surface area contributed by atoms with Crippen molar-refractivity contribution in [2.24, 2.45) is 0 Å². The molecule has 29 heavy (non-hydrogen) atoms. The maximum Gasteiger partial charge on any atom is 0.168 e. The van der Waals surface area contributed by atoms with Gasteiger partial charge in [-0.1, -0.05) is 6.92 Å². The zero-order chi connectivity index (χ0) is 20.8. The lowest BCUT2D eigenvalue weighted by Crippen LogP contribution is -2.58. The third-order valence-electron chi connectivity index (χ3n) is 5.70. The van der Waals surface area contributed by atoms with Gasteiger partial charge in [-0.2, -0.15) is 0 Å². The molecule has 2 aromatic rings. The number of aryl methyl sites for hydroxylation is 1. The van der Waals surface area contributed by atoms with Gasteiger partial charge < -0.3 is 29.9 Å². The van der Waals surface area contributed by atoms with Gasteiger partial charge in [-0.3, -0.25) is 0 Å². The predicted octanol–water partition coefficient (Wildman–Crippen LogP) is 1.78. The minimum Gasteiger partial charge on any atom is -0.496 e. The minimum absolute atomic E-state index is 0.260. The lowest BCUT2D eigenvalue weighted by atomic mass is 9.91. The number of methoxy groups -OCH3 is 1. The van der Waals surface area contributed by atoms with Gasteiger partial charge >= 0.3 is 0 Å². The molecule has 3 heterocycles. The van der Waals surface area contributed by atoms with Crippen molar-refractivity contribution in [2.45, 2.75) is 54.9 Å². The van der Waals surface area contributed by atoms with Crippen LogP contribution in [0.25, 0.3) is 0 Å². The Labute approximate surface area is 178 Å². The van der Waals surface area contributed by atoms with E-state index in [1.807, 2.05) is 12.1 Å². The number of benzene rings is 1. The molecule has 5 atom stereocenters. The Bertz CT molecular complexity index is 882. The summed E-state index contributed by atoms with van der Waals surface area (Å²) in [6, 6.07) is 8.15. The topological polar surface area (TPSA) is 99.4 Å². The average Bonchev–Trinajstić information content (AvgIpc) is 3.33. The average molecular weight is 439 g/mol. The number of aliphatic hydroxyl groups excluding tert-OH is 4. The van der Waals surface area contributed by atoms with Crippen LogP contribution in [0.15, 0.2) is 24.3 Å². The SMILES string of the molecule is CCc1ccc(Cc2cc3c(cc2OC)CO[C@]32S[C@H](CO)[C@@H](O)[C@H](O)[C@H]2O)s1. The van der Waals surface area contributed by atoms with E-state index in [0.717, 1.165) is 28.9 Å². The van der Waals surface area contributed by atoms with Gasteiger partial charge in [0.1, 0.15) is 18.0 Å². The smallest absolute Gasteiger partial charge is 0.168 e. The Balaban J connectivity index is 1.75. The molecular weight excluding hydrogens is 412 g/mol. The van der Waals surface area contributed by atoms with Crippen LogP contribution >= 0.6 is 23.1 Å². The quantitative estimate of drug-likeness (QED) is 0.565. The molecule has 0 amide bonds. The van der Waals surface area contributed by atoms with Gasteiger partial charge in [-0.15, -0.1) is 23.1 Å². The molecule has 6 nitrogen and oxygen atoms in total. The molecule has 0 radical (unpaired) electrons. The van der Waals surface area contributed by atoms with Crippen LogP contribution in [0.1, 0.15) is 33.4 Å². The Hall–Kier alpha value is -1.13. The summed E-state index contributed by atoms with van der Waals surface area (Å²) in [6.45, 7) is 2.07. The van der Waals surface area contributed by atoms with Crippen LogP contribution in [0.5, 0.6) is 5.75 Å². The van der Waals surface area contributed by atoms with Crippen molar-refractivity contribution < 1.29 is 29.9 Å². The number of ether oxygens (including phenoxy) is 2. The van der Waals surface area contributed by atoms with Crippen LogP contribution in [0.2, 0.25) is 0 Å². The highest BCUT2D eigenvalue weighted by atomic mass is 32.2. The van der Waals surface area contributed by atoms with E-state index in [0.29, 0.717) is 6.42 Å². The van der Waals surface area contributed by atoms with E-state index >= 15 is 0 Å². The van der Waals surface area contributed by atoms with Gasteiger partial charge in [-0.25, -0.2) is 0 Å². The summed E-state index contributed by atoms with van der Waals surface area (Å²) >= 11 is 2.93. The molecule has 4 N–H and O–H groups in total. The van der Waals surface area contributed by atoms with Crippen molar-refractivity contribution in [1.82, 2.24) is 0 Å². The van der Waals surface area contributed by atoms with Crippen molar-refractivity contribution in [3.63, 3.8) is 0 Å². The van der Waals surface area contributed by atoms with Gasteiger partial charge in [0.15, 0.2) is 4.93 Å². The van der Waals surface area contributed by atoms with Crippen LogP contribution in [-0.4, -0.2) is 57.7 Å². The summed E-state index contributed by atoms with van der Waals surface area (Å²) in [7, 11) is 1.63. The zero-order valence-electron chi connectivity index (χ0n) is 16.4. The van der Waals surface area contributed by atoms with E-state index in [9.17, 15) is 20.4 Å². The monoisotopic (exact) mass is 438 g/mol. The molecule has 0 aliphatic carbocycles. The van der Waals surface area contributed by atoms with Crippen LogP contribution in [0.4, 0.5) is 0 Å². The first-order valence-corrected chi connectivity index (χ1v) is 11.4. The predicted molar refractivity (Wildman–Crippen MR) is 112 cm³/mol. The lowest BCUT2D eigenvalue weighted by Gasteiger charge is -2.45. The number of thiophene rings is 1. The van der Waals surface area contributed by atoms with Gasteiger partial charge in [-0.05, 0) is 41.8 Å². The molecule has 1 fully saturated rings. The fraction of sp³-hybridized carbons (Fsp3) is 0.524. The Kier molecular flexibility index (Phi) is 5.96. The summed E-state index contributed by atoms with van der Waals surface area (Å²) in [5, 5.41) is 40.4. The second-order valence-corrected chi connectivity index (χ2v) is 10.1. The largest absolute Gasteiger partial charge is 0.496 e. The standard InChI is InChI=1S/C21H26O6S2/c1-3-13-4-5-14(28-13)6-11-7-15-12(8-16(11)26-2)10-27-21(15)20(25)19(24)18(23)17(9-22)29-21/h4-5,7-8,17-20,22-25H,3,6,9-10H2,1-2H3/t17-,18-,19+,20-,21+/m1/s1. The molecule has 0 unspecified atom stereocenters. The highest BCUT2D eigenvalue weighted by Crippen LogP contribution is 2.55. The Morgan fingerprint density at radius 3 is 2.59 bits per heavy atom. The fourth-order valence-electron chi connectivity index (χ4n) is 4.08. The summed E-state index contributed by atoms with van der Waals surface area (Å²) in [6.07, 6.45) is -2.27. The molecule has 1 saturated heterocycles. The van der Waals surface area contributed by atoms with Crippen molar-refractivity contribution in [2.75, 3.05) is 13.7 Å². The van der Waals surface area contributed by atoms with Crippen molar-refractivity contribution in [3.8, 4) is 5.75 Å². The number of rotatable bonds is 5. The number of aliphatic hydroxyl groups is 4. The first-order chi connectivity index (χ1) is 13.9. The van der Waals surface area contributed by atoms with E-state index in [1.54, 1.807) is 18.4 Å². The maximum atomic E-state index is 10.8. The molecule has 4 rings (SSSR count). The summed E-state index contributed by atoms with van der Waals surface area (Å²) in [5.74, 6) is 0.755. The fourth-order valence-corrected chi connectivity index (χ4v) is 6.61. The Morgan fingerprint density at radius 1 is 1.17 bits per heavy atom. The molecule has 1 aromatic carbocycles. The highest BCUT2D eigenvalue weighted by Gasteiger charge is 2.57. The molecule has 8 heteroatoms. The number of fused-ring (bicyclic) bond motifs is 2. The number of hydrogen-bond acceptors (Lipinski definition) is 8. The van der Waals surface area contributed by atoms with Gasteiger partial charge in [0, 0.05) is 21.7 Å². The van der Waals surface area contributed by atoms with Crippen molar-refractivity contribution >= 4 is 23.1 Å². The Morgan fingerprint density at radius 2 is 1.93 bits per heavy atom. The van der Waals surface area contributed by atoms with E-state index in [4.69, 9.17) is 9.47 Å². The second-order valence-electron chi connectivity index (χ2n) is 7.44. The molecule has 2 aliphatic rings. The van der Waals surface area contributed by atoms with E-state index < -0.39 is 28.5 Å². The van der Waals surface area contributed by atoms with Crippen LogP contribution in [-0.2, 0) is 29.1 Å². The van der Waals surface area contributed by atoms with Crippen molar-refractivity contribution in [1.29, 1.82) is 0 Å². The van der Waals surface area contributed by atoms with E-state index in [1.165, 1.54) is 21.5 Å². The maximum absolute atomic E-state index is 10.8. The molecular formula is C21H26O6S2. The summed E-state index contributed by atoms with van der Waals surface area (Å²) in [4.78, 5) is 1.31. The van der Waals surface area contributed by atoms with Gasteiger partial charge in [0.25, 0.3) is 0 Å². The lowest BCUT2D eigenvalue weighted by molar-refractivity contribution is -0.147. The van der Waals surface area contributed by atoms with Crippen molar-refractivity contribution in [3.05, 3.63) is 50.7 Å². The van der Waals surface area contributed by atoms with E-state index in [2.05, 4.69) is 19.1 Å². The van der Waals surface area contributed by atoms with Gasteiger partial charge in [0.05, 0.1) is 31.7 Å². The third-order valence-corrected chi connectivity index (χ3v) is 8.59. The van der Waals surface area contributed by atoms with Crippen LogP contribution in [0, 0.1) is 0 Å². The molecule has 0 bridgehead atoms. The molecule has 158 valence electrons. The first kappa shape index (κ1) is 21.1. The summed E-state index contributed by atoms with van der Waals surface area (Å²) in [5.41, 5.74) is 2.61. The van der Waals surface area contributed by atoms with E-state index in [-0.39, 0.29) is 13.2 Å². The van der Waals surface area contributed by atoms with Gasteiger partial charge in [0.2, 0.25) is 0 Å². The normalized spacial score (nSPS) is 31.2. The molecule has 1 spiro atoms. The zero-order valence-corrected chi connectivity index (χ0v) is 18.0. The number of hydrogen-bond donors (Lipinski definition) is 4. The summed E-state index contributed by atoms with van der Waals surface area (Å²) < 4.78 is 11.6. The minimum atomic E-state index is -1.41. The second kappa shape index (κ2) is 8.19. The van der Waals surface area contributed by atoms with Crippen LogP contribution < -0.4 is 4.74 Å². The molecule has 1 aromatic heterocycles. The first-order valence-electron chi connectivity index (χ1n) is 9.68. The highest BCUT2D eigenvalue weighted by molar-refractivity contribution is 8.00. The third kappa shape index (κ3) is 3.50. The molecule has 0 saturated carbocycles. The van der Waals surface area contributed by atoms with Crippen LogP contribution in [0.3, 0.4) is 0 Å². The number of thioether (sulfide) groups is 1. The molecule has 2 aliphatic heterocycles.